The van der Waals surface area contributed by atoms with Crippen molar-refractivity contribution < 1.29 is 4.42 Å². The Morgan fingerprint density at radius 1 is 0.731 bits per heavy atom. The van der Waals surface area contributed by atoms with Gasteiger partial charge < -0.3 is 4.42 Å². The summed E-state index contributed by atoms with van der Waals surface area (Å²) in [5.74, 6) is 0. The number of hydrogen-bond acceptors (Lipinski definition) is 3. The molecule has 3 heteroatoms. The molecule has 0 fully saturated rings. The smallest absolute Gasteiger partial charge is 0.227 e. The third-order valence-electron chi connectivity index (χ3n) is 4.64. The summed E-state index contributed by atoms with van der Waals surface area (Å²) in [4.78, 5) is 9.00. The summed E-state index contributed by atoms with van der Waals surface area (Å²) in [5, 5.41) is 2.14. The number of aromatic nitrogens is 2. The van der Waals surface area contributed by atoms with Crippen LogP contribution in [0.2, 0.25) is 0 Å². The van der Waals surface area contributed by atoms with Gasteiger partial charge in [-0.15, -0.1) is 0 Å². The van der Waals surface area contributed by atoms with E-state index < -0.39 is 0 Å². The molecule has 3 heterocycles. The zero-order valence-electron chi connectivity index (χ0n) is 14.3. The van der Waals surface area contributed by atoms with Crippen LogP contribution in [-0.4, -0.2) is 9.97 Å². The van der Waals surface area contributed by atoms with Gasteiger partial charge in [-0.2, -0.15) is 0 Å². The van der Waals surface area contributed by atoms with E-state index >= 15 is 0 Å². The van der Waals surface area contributed by atoms with E-state index in [1.807, 2.05) is 43.5 Å². The van der Waals surface area contributed by atoms with E-state index in [9.17, 15) is 0 Å². The highest BCUT2D eigenvalue weighted by molar-refractivity contribution is 6.04. The van der Waals surface area contributed by atoms with Crippen molar-refractivity contribution in [3.8, 4) is 22.4 Å². The number of rotatable bonds is 2. The SMILES string of the molecule is Cc1ccc2c(n1)oc1cc(-c3ccnc(-c4ccccc4)c3)ccc12. The summed E-state index contributed by atoms with van der Waals surface area (Å²) in [5.41, 5.74) is 6.80. The van der Waals surface area contributed by atoms with Gasteiger partial charge in [0.15, 0.2) is 0 Å². The fraction of sp³-hybridized carbons (Fsp3) is 0.0435. The summed E-state index contributed by atoms with van der Waals surface area (Å²) in [7, 11) is 0. The van der Waals surface area contributed by atoms with E-state index in [4.69, 9.17) is 4.42 Å². The standard InChI is InChI=1S/C23H16N2O/c1-15-7-9-20-19-10-8-17(14-22(19)26-23(20)25-15)18-11-12-24-21(13-18)16-5-3-2-4-6-16/h2-14H,1H3. The van der Waals surface area contributed by atoms with Crippen LogP contribution in [0.3, 0.4) is 0 Å². The quantitative estimate of drug-likeness (QED) is 0.396. The van der Waals surface area contributed by atoms with Crippen LogP contribution in [-0.2, 0) is 0 Å². The van der Waals surface area contributed by atoms with Crippen molar-refractivity contribution in [1.29, 1.82) is 0 Å². The fourth-order valence-corrected chi connectivity index (χ4v) is 3.31. The molecule has 0 saturated carbocycles. The minimum atomic E-state index is 0.692. The van der Waals surface area contributed by atoms with Gasteiger partial charge >= 0.3 is 0 Å². The van der Waals surface area contributed by atoms with Crippen molar-refractivity contribution in [3.63, 3.8) is 0 Å². The molecular formula is C23H16N2O. The number of hydrogen-bond donors (Lipinski definition) is 0. The molecular weight excluding hydrogens is 320 g/mol. The van der Waals surface area contributed by atoms with Crippen LogP contribution in [0.15, 0.2) is 83.4 Å². The van der Waals surface area contributed by atoms with Crippen LogP contribution in [0.5, 0.6) is 0 Å². The lowest BCUT2D eigenvalue weighted by molar-refractivity contribution is 0.653. The Kier molecular flexibility index (Phi) is 3.32. The molecule has 26 heavy (non-hydrogen) atoms. The van der Waals surface area contributed by atoms with Crippen LogP contribution in [0, 0.1) is 6.92 Å². The maximum atomic E-state index is 5.98. The lowest BCUT2D eigenvalue weighted by Gasteiger charge is -2.05. The molecule has 5 aromatic rings. The second-order valence-corrected chi connectivity index (χ2v) is 6.41. The second-order valence-electron chi connectivity index (χ2n) is 6.41. The summed E-state index contributed by atoms with van der Waals surface area (Å²) >= 11 is 0. The lowest BCUT2D eigenvalue weighted by atomic mass is 10.0. The molecule has 0 spiro atoms. The monoisotopic (exact) mass is 336 g/mol. The van der Waals surface area contributed by atoms with Crippen LogP contribution in [0.1, 0.15) is 5.69 Å². The highest BCUT2D eigenvalue weighted by Crippen LogP contribution is 2.32. The molecule has 0 aliphatic carbocycles. The first-order chi connectivity index (χ1) is 12.8. The first kappa shape index (κ1) is 14.8. The van der Waals surface area contributed by atoms with Gasteiger partial charge in [0.05, 0.1) is 5.69 Å². The summed E-state index contributed by atoms with van der Waals surface area (Å²) in [6.45, 7) is 1.97. The van der Waals surface area contributed by atoms with Crippen LogP contribution in [0.25, 0.3) is 44.5 Å². The molecule has 124 valence electrons. The largest absolute Gasteiger partial charge is 0.438 e. The number of aryl methyl sites for hydroxylation is 1. The predicted octanol–water partition coefficient (Wildman–Crippen LogP) is 6.02. The van der Waals surface area contributed by atoms with Gasteiger partial charge in [-0.3, -0.25) is 4.98 Å². The highest BCUT2D eigenvalue weighted by Gasteiger charge is 2.10. The molecule has 0 bridgehead atoms. The minimum absolute atomic E-state index is 0.692. The van der Waals surface area contributed by atoms with Crippen molar-refractivity contribution in [2.45, 2.75) is 6.92 Å². The molecule has 0 N–H and O–H groups in total. The number of fused-ring (bicyclic) bond motifs is 3. The van der Waals surface area contributed by atoms with Gasteiger partial charge in [0.1, 0.15) is 5.58 Å². The molecule has 0 saturated heterocycles. The Bertz CT molecular complexity index is 1240. The molecule has 0 aliphatic rings. The van der Waals surface area contributed by atoms with Crippen LogP contribution >= 0.6 is 0 Å². The van der Waals surface area contributed by atoms with E-state index in [1.54, 1.807) is 0 Å². The first-order valence-electron chi connectivity index (χ1n) is 8.60. The molecule has 0 aliphatic heterocycles. The Balaban J connectivity index is 1.64. The van der Waals surface area contributed by atoms with E-state index in [-0.39, 0.29) is 0 Å². The van der Waals surface area contributed by atoms with Crippen molar-refractivity contribution in [2.24, 2.45) is 0 Å². The fourth-order valence-electron chi connectivity index (χ4n) is 3.31. The molecule has 3 nitrogen and oxygen atoms in total. The Morgan fingerprint density at radius 3 is 2.42 bits per heavy atom. The maximum Gasteiger partial charge on any atom is 0.227 e. The van der Waals surface area contributed by atoms with Gasteiger partial charge in [-0.25, -0.2) is 4.98 Å². The summed E-state index contributed by atoms with van der Waals surface area (Å²) < 4.78 is 5.98. The van der Waals surface area contributed by atoms with Crippen molar-refractivity contribution in [1.82, 2.24) is 9.97 Å². The molecule has 5 rings (SSSR count). The van der Waals surface area contributed by atoms with E-state index in [0.717, 1.165) is 44.4 Å². The Hall–Kier alpha value is -3.46. The molecule has 0 unspecified atom stereocenters. The third-order valence-corrected chi connectivity index (χ3v) is 4.64. The summed E-state index contributed by atoms with van der Waals surface area (Å²) in [6, 6.07) is 24.7. The second kappa shape index (κ2) is 5.81. The van der Waals surface area contributed by atoms with Crippen molar-refractivity contribution in [2.75, 3.05) is 0 Å². The van der Waals surface area contributed by atoms with E-state index in [2.05, 4.69) is 52.4 Å². The molecule has 0 atom stereocenters. The zero-order chi connectivity index (χ0) is 17.5. The number of nitrogens with zero attached hydrogens (tertiary/aromatic N) is 2. The van der Waals surface area contributed by atoms with Gasteiger partial charge in [-0.05, 0) is 54.4 Å². The van der Waals surface area contributed by atoms with Gasteiger partial charge in [0.25, 0.3) is 0 Å². The van der Waals surface area contributed by atoms with Crippen LogP contribution < -0.4 is 0 Å². The van der Waals surface area contributed by atoms with Crippen LogP contribution in [0.4, 0.5) is 0 Å². The van der Waals surface area contributed by atoms with E-state index in [0.29, 0.717) is 5.71 Å². The number of pyridine rings is 2. The number of benzene rings is 2. The topological polar surface area (TPSA) is 38.9 Å². The number of furan rings is 1. The van der Waals surface area contributed by atoms with Crippen molar-refractivity contribution in [3.05, 3.63) is 84.7 Å². The Labute approximate surface area is 151 Å². The third kappa shape index (κ3) is 2.45. The van der Waals surface area contributed by atoms with Crippen molar-refractivity contribution >= 4 is 22.1 Å². The predicted molar refractivity (Wildman–Crippen MR) is 105 cm³/mol. The summed E-state index contributed by atoms with van der Waals surface area (Å²) in [6.07, 6.45) is 1.85. The van der Waals surface area contributed by atoms with E-state index in [1.165, 1.54) is 0 Å². The molecule has 0 amide bonds. The Morgan fingerprint density at radius 2 is 1.54 bits per heavy atom. The van der Waals surface area contributed by atoms with Gasteiger partial charge in [-0.1, -0.05) is 36.4 Å². The zero-order valence-corrected chi connectivity index (χ0v) is 14.3. The molecule has 0 radical (unpaired) electrons. The van der Waals surface area contributed by atoms with Gasteiger partial charge in [0.2, 0.25) is 5.71 Å². The minimum Gasteiger partial charge on any atom is -0.438 e. The lowest BCUT2D eigenvalue weighted by Crippen LogP contribution is -1.85. The maximum absolute atomic E-state index is 5.98. The van der Waals surface area contributed by atoms with Gasteiger partial charge in [0, 0.05) is 28.2 Å². The molecule has 2 aromatic carbocycles. The average Bonchev–Trinajstić information content (AvgIpc) is 3.05. The highest BCUT2D eigenvalue weighted by atomic mass is 16.3. The normalized spacial score (nSPS) is 11.3. The first-order valence-corrected chi connectivity index (χ1v) is 8.60. The molecule has 3 aromatic heterocycles. The average molecular weight is 336 g/mol.